The number of nitrogens with one attached hydrogen (secondary N) is 1. The second-order valence-electron chi connectivity index (χ2n) is 3.92. The highest BCUT2D eigenvalue weighted by atomic mass is 19.1. The molecule has 1 aromatic carbocycles. The molecule has 0 aliphatic heterocycles. The molecule has 0 bridgehead atoms. The minimum Gasteiger partial charge on any atom is -0.394 e. The molecule has 0 saturated carbocycles. The molecule has 1 rings (SSSR count). The van der Waals surface area contributed by atoms with Crippen LogP contribution in [0.5, 0.6) is 0 Å². The number of methoxy groups -OCH3 is 1. The Morgan fingerprint density at radius 2 is 2.00 bits per heavy atom. The summed E-state index contributed by atoms with van der Waals surface area (Å²) < 4.78 is 17.7. The van der Waals surface area contributed by atoms with Crippen molar-refractivity contribution < 1.29 is 14.2 Å². The number of aliphatic hydroxyl groups is 1. The zero-order valence-electron chi connectivity index (χ0n) is 9.66. The van der Waals surface area contributed by atoms with Crippen LogP contribution in [0.4, 0.5) is 4.39 Å². The van der Waals surface area contributed by atoms with E-state index in [9.17, 15) is 9.50 Å². The first-order valence-corrected chi connectivity index (χ1v) is 5.23. The van der Waals surface area contributed by atoms with E-state index in [0.29, 0.717) is 13.2 Å². The lowest BCUT2D eigenvalue weighted by Crippen LogP contribution is -2.44. The van der Waals surface area contributed by atoms with E-state index in [-0.39, 0.29) is 12.4 Å². The highest BCUT2D eigenvalue weighted by Crippen LogP contribution is 2.20. The molecule has 0 aliphatic carbocycles. The van der Waals surface area contributed by atoms with Crippen LogP contribution in [-0.4, -0.2) is 32.0 Å². The second-order valence-corrected chi connectivity index (χ2v) is 3.92. The lowest BCUT2D eigenvalue weighted by Gasteiger charge is -2.29. The zero-order chi connectivity index (χ0) is 12.0. The molecule has 16 heavy (non-hydrogen) atoms. The van der Waals surface area contributed by atoms with Gasteiger partial charge in [-0.2, -0.15) is 0 Å². The molecule has 4 heteroatoms. The average Bonchev–Trinajstić information content (AvgIpc) is 2.30. The van der Waals surface area contributed by atoms with E-state index >= 15 is 0 Å². The van der Waals surface area contributed by atoms with Gasteiger partial charge in [-0.05, 0) is 24.6 Å². The predicted molar refractivity (Wildman–Crippen MR) is 60.7 cm³/mol. The van der Waals surface area contributed by atoms with Crippen molar-refractivity contribution in [3.8, 4) is 0 Å². The summed E-state index contributed by atoms with van der Waals surface area (Å²) in [6, 6.07) is 6.12. The van der Waals surface area contributed by atoms with Gasteiger partial charge in [0.2, 0.25) is 0 Å². The first kappa shape index (κ1) is 13.1. The van der Waals surface area contributed by atoms with Crippen LogP contribution in [0.25, 0.3) is 0 Å². The van der Waals surface area contributed by atoms with Crippen LogP contribution in [0, 0.1) is 5.82 Å². The molecule has 1 unspecified atom stereocenters. The van der Waals surface area contributed by atoms with Gasteiger partial charge in [-0.3, -0.25) is 0 Å². The van der Waals surface area contributed by atoms with Crippen LogP contribution in [0.3, 0.4) is 0 Å². The molecule has 1 aromatic rings. The van der Waals surface area contributed by atoms with Crippen molar-refractivity contribution in [2.24, 2.45) is 0 Å². The van der Waals surface area contributed by atoms with E-state index in [1.54, 1.807) is 19.2 Å². The smallest absolute Gasteiger partial charge is 0.123 e. The topological polar surface area (TPSA) is 41.5 Å². The summed E-state index contributed by atoms with van der Waals surface area (Å²) in [5.74, 6) is -0.277. The third kappa shape index (κ3) is 3.27. The van der Waals surface area contributed by atoms with Gasteiger partial charge in [0.15, 0.2) is 0 Å². The van der Waals surface area contributed by atoms with Crippen LogP contribution in [0.1, 0.15) is 12.5 Å². The fraction of sp³-hybridized carbons (Fsp3) is 0.500. The molecule has 1 atom stereocenters. The maximum atomic E-state index is 12.8. The van der Waals surface area contributed by atoms with Crippen molar-refractivity contribution >= 4 is 0 Å². The molecule has 0 aliphatic rings. The number of hydrogen-bond donors (Lipinski definition) is 2. The maximum absolute atomic E-state index is 12.8. The largest absolute Gasteiger partial charge is 0.394 e. The summed E-state index contributed by atoms with van der Waals surface area (Å²) in [6.07, 6.45) is 0. The van der Waals surface area contributed by atoms with E-state index < -0.39 is 5.54 Å². The molecule has 0 fully saturated rings. The van der Waals surface area contributed by atoms with E-state index in [2.05, 4.69) is 5.32 Å². The number of aliphatic hydroxyl groups excluding tert-OH is 1. The van der Waals surface area contributed by atoms with Crippen molar-refractivity contribution in [3.63, 3.8) is 0 Å². The Balaban J connectivity index is 2.74. The van der Waals surface area contributed by atoms with Gasteiger partial charge < -0.3 is 15.2 Å². The number of benzene rings is 1. The van der Waals surface area contributed by atoms with Gasteiger partial charge in [0.1, 0.15) is 5.82 Å². The number of halogens is 1. The Morgan fingerprint density at radius 3 is 2.50 bits per heavy atom. The van der Waals surface area contributed by atoms with Crippen molar-refractivity contribution in [1.82, 2.24) is 5.32 Å². The quantitative estimate of drug-likeness (QED) is 0.719. The number of rotatable bonds is 6. The Hall–Kier alpha value is -0.970. The Bertz CT molecular complexity index is 315. The normalized spacial score (nSPS) is 14.8. The van der Waals surface area contributed by atoms with Crippen LogP contribution in [-0.2, 0) is 10.3 Å². The highest BCUT2D eigenvalue weighted by Gasteiger charge is 2.24. The maximum Gasteiger partial charge on any atom is 0.123 e. The standard InChI is InChI=1S/C12H18FNO2/c1-12(9-15,14-7-8-16-2)10-3-5-11(13)6-4-10/h3-6,14-15H,7-9H2,1-2H3. The van der Waals surface area contributed by atoms with Gasteiger partial charge in [0.05, 0.1) is 18.8 Å². The van der Waals surface area contributed by atoms with Gasteiger partial charge in [0.25, 0.3) is 0 Å². The summed E-state index contributed by atoms with van der Waals surface area (Å²) in [4.78, 5) is 0. The Kier molecular flexibility index (Phi) is 4.86. The van der Waals surface area contributed by atoms with Crippen molar-refractivity contribution in [2.45, 2.75) is 12.5 Å². The fourth-order valence-electron chi connectivity index (χ4n) is 1.50. The van der Waals surface area contributed by atoms with Gasteiger partial charge in [0, 0.05) is 13.7 Å². The van der Waals surface area contributed by atoms with Gasteiger partial charge in [-0.1, -0.05) is 12.1 Å². The second kappa shape index (κ2) is 5.94. The van der Waals surface area contributed by atoms with E-state index in [1.165, 1.54) is 12.1 Å². The fourth-order valence-corrected chi connectivity index (χ4v) is 1.50. The van der Waals surface area contributed by atoms with Gasteiger partial charge >= 0.3 is 0 Å². The van der Waals surface area contributed by atoms with Gasteiger partial charge in [-0.25, -0.2) is 4.39 Å². The molecule has 0 amide bonds. The monoisotopic (exact) mass is 227 g/mol. The summed E-state index contributed by atoms with van der Waals surface area (Å²) >= 11 is 0. The number of ether oxygens (including phenoxy) is 1. The first-order valence-electron chi connectivity index (χ1n) is 5.23. The van der Waals surface area contributed by atoms with Crippen LogP contribution >= 0.6 is 0 Å². The molecule has 0 aromatic heterocycles. The van der Waals surface area contributed by atoms with Crippen LogP contribution in [0.2, 0.25) is 0 Å². The third-order valence-corrected chi connectivity index (χ3v) is 2.62. The van der Waals surface area contributed by atoms with Gasteiger partial charge in [-0.15, -0.1) is 0 Å². The minimum atomic E-state index is -0.563. The third-order valence-electron chi connectivity index (χ3n) is 2.62. The molecule has 0 radical (unpaired) electrons. The summed E-state index contributed by atoms with van der Waals surface area (Å²) in [7, 11) is 1.62. The lowest BCUT2D eigenvalue weighted by atomic mass is 9.93. The predicted octanol–water partition coefficient (Wildman–Crippen LogP) is 1.27. The molecular formula is C12H18FNO2. The lowest BCUT2D eigenvalue weighted by molar-refractivity contribution is 0.148. The summed E-state index contributed by atoms with van der Waals surface area (Å²) in [6.45, 7) is 3.01. The molecular weight excluding hydrogens is 209 g/mol. The Morgan fingerprint density at radius 1 is 1.38 bits per heavy atom. The first-order chi connectivity index (χ1) is 7.62. The average molecular weight is 227 g/mol. The van der Waals surface area contributed by atoms with E-state index in [4.69, 9.17) is 4.74 Å². The van der Waals surface area contributed by atoms with Crippen molar-refractivity contribution in [1.29, 1.82) is 0 Å². The van der Waals surface area contributed by atoms with Crippen LogP contribution in [0.15, 0.2) is 24.3 Å². The minimum absolute atomic E-state index is 0.0532. The zero-order valence-corrected chi connectivity index (χ0v) is 9.66. The van der Waals surface area contributed by atoms with Crippen molar-refractivity contribution in [3.05, 3.63) is 35.6 Å². The van der Waals surface area contributed by atoms with E-state index in [0.717, 1.165) is 5.56 Å². The molecule has 3 nitrogen and oxygen atoms in total. The van der Waals surface area contributed by atoms with Crippen LogP contribution < -0.4 is 5.32 Å². The number of hydrogen-bond acceptors (Lipinski definition) is 3. The summed E-state index contributed by atoms with van der Waals surface area (Å²) in [5, 5.41) is 12.6. The highest BCUT2D eigenvalue weighted by molar-refractivity contribution is 5.24. The molecule has 0 spiro atoms. The molecule has 0 heterocycles. The Labute approximate surface area is 95.2 Å². The van der Waals surface area contributed by atoms with Crippen molar-refractivity contribution in [2.75, 3.05) is 26.9 Å². The molecule has 0 saturated heterocycles. The molecule has 90 valence electrons. The SMILES string of the molecule is COCCNC(C)(CO)c1ccc(F)cc1. The van der Waals surface area contributed by atoms with E-state index in [1.807, 2.05) is 6.92 Å². The summed E-state index contributed by atoms with van der Waals surface area (Å²) in [5.41, 5.74) is 0.291. The molecule has 2 N–H and O–H groups in total.